The number of nitriles is 1. The van der Waals surface area contributed by atoms with Gasteiger partial charge in [0, 0.05) is 14.1 Å². The van der Waals surface area contributed by atoms with Gasteiger partial charge in [-0.05, 0) is 12.1 Å². The Bertz CT molecular complexity index is 363. The van der Waals surface area contributed by atoms with E-state index in [2.05, 4.69) is 10.3 Å². The van der Waals surface area contributed by atoms with E-state index in [0.29, 0.717) is 11.4 Å². The second-order valence-corrected chi connectivity index (χ2v) is 2.87. The van der Waals surface area contributed by atoms with Crippen LogP contribution in [-0.2, 0) is 0 Å². The van der Waals surface area contributed by atoms with Gasteiger partial charge in [0.15, 0.2) is 0 Å². The molecule has 0 spiro atoms. The largest absolute Gasteiger partial charge is 0.331 e. The van der Waals surface area contributed by atoms with Crippen LogP contribution < -0.4 is 5.32 Å². The van der Waals surface area contributed by atoms with E-state index in [0.717, 1.165) is 0 Å². The minimum atomic E-state index is -0.225. The van der Waals surface area contributed by atoms with E-state index < -0.39 is 0 Å². The summed E-state index contributed by atoms with van der Waals surface area (Å²) < 4.78 is 0. The number of amides is 2. The lowest BCUT2D eigenvalue weighted by Gasteiger charge is -2.11. The first-order valence-corrected chi connectivity index (χ1v) is 3.98. The van der Waals surface area contributed by atoms with Crippen LogP contribution >= 0.6 is 0 Å². The molecule has 0 bridgehead atoms. The summed E-state index contributed by atoms with van der Waals surface area (Å²) in [4.78, 5) is 16.4. The molecule has 0 radical (unpaired) electrons. The van der Waals surface area contributed by atoms with Crippen LogP contribution in [0.1, 0.15) is 5.69 Å². The molecule has 1 aromatic heterocycles. The number of aromatic nitrogens is 1. The zero-order chi connectivity index (χ0) is 10.6. The number of carbonyl (C=O) groups is 1. The predicted molar refractivity (Wildman–Crippen MR) is 51.7 cm³/mol. The topological polar surface area (TPSA) is 69.0 Å². The normalized spacial score (nSPS) is 8.93. The van der Waals surface area contributed by atoms with Gasteiger partial charge in [-0.2, -0.15) is 5.26 Å². The Morgan fingerprint density at radius 3 is 2.71 bits per heavy atom. The predicted octanol–water partition coefficient (Wildman–Crippen LogP) is 1.05. The highest BCUT2D eigenvalue weighted by Crippen LogP contribution is 2.05. The van der Waals surface area contributed by atoms with Crippen molar-refractivity contribution in [3.63, 3.8) is 0 Å². The van der Waals surface area contributed by atoms with Crippen LogP contribution in [0.2, 0.25) is 0 Å². The van der Waals surface area contributed by atoms with Crippen molar-refractivity contribution in [2.24, 2.45) is 0 Å². The van der Waals surface area contributed by atoms with Gasteiger partial charge < -0.3 is 10.2 Å². The van der Waals surface area contributed by atoms with Crippen molar-refractivity contribution in [1.29, 1.82) is 5.26 Å². The molecule has 72 valence electrons. The molecule has 0 fully saturated rings. The summed E-state index contributed by atoms with van der Waals surface area (Å²) in [7, 11) is 3.29. The fraction of sp³-hybridized carbons (Fsp3) is 0.222. The Morgan fingerprint density at radius 2 is 2.29 bits per heavy atom. The minimum absolute atomic E-state index is 0.225. The Kier molecular flexibility index (Phi) is 3.02. The second-order valence-electron chi connectivity index (χ2n) is 2.87. The van der Waals surface area contributed by atoms with Crippen LogP contribution in [0.5, 0.6) is 0 Å². The molecule has 5 nitrogen and oxygen atoms in total. The number of carbonyl (C=O) groups excluding carboxylic acids is 1. The van der Waals surface area contributed by atoms with Gasteiger partial charge in [0.2, 0.25) is 0 Å². The first-order chi connectivity index (χ1) is 6.63. The van der Waals surface area contributed by atoms with E-state index in [1.54, 1.807) is 26.2 Å². The molecule has 1 N–H and O–H groups in total. The summed E-state index contributed by atoms with van der Waals surface area (Å²) in [5.74, 6) is 0. The molecule has 0 aliphatic carbocycles. The maximum atomic E-state index is 11.2. The van der Waals surface area contributed by atoms with Crippen molar-refractivity contribution >= 4 is 11.7 Å². The van der Waals surface area contributed by atoms with Crippen LogP contribution in [-0.4, -0.2) is 30.0 Å². The van der Waals surface area contributed by atoms with Crippen molar-refractivity contribution in [2.45, 2.75) is 0 Å². The summed E-state index contributed by atoms with van der Waals surface area (Å²) in [6.07, 6.45) is 1.44. The molecule has 1 rings (SSSR count). The summed E-state index contributed by atoms with van der Waals surface area (Å²) in [5, 5.41) is 11.1. The number of rotatable bonds is 1. The highest BCUT2D eigenvalue weighted by Gasteiger charge is 2.03. The van der Waals surface area contributed by atoms with E-state index in [1.165, 1.54) is 11.1 Å². The first kappa shape index (κ1) is 9.99. The van der Waals surface area contributed by atoms with Crippen LogP contribution in [0.25, 0.3) is 0 Å². The van der Waals surface area contributed by atoms with Crippen LogP contribution in [0, 0.1) is 11.3 Å². The molecule has 0 aliphatic rings. The fourth-order valence-electron chi connectivity index (χ4n) is 0.769. The van der Waals surface area contributed by atoms with E-state index in [9.17, 15) is 4.79 Å². The third-order valence-corrected chi connectivity index (χ3v) is 1.54. The van der Waals surface area contributed by atoms with Crippen LogP contribution in [0.4, 0.5) is 10.5 Å². The maximum Gasteiger partial charge on any atom is 0.321 e. The molecule has 1 heterocycles. The first-order valence-electron chi connectivity index (χ1n) is 3.98. The molecule has 0 unspecified atom stereocenters. The lowest BCUT2D eigenvalue weighted by Crippen LogP contribution is -2.27. The number of nitrogens with one attached hydrogen (secondary N) is 1. The lowest BCUT2D eigenvalue weighted by molar-refractivity contribution is 0.230. The summed E-state index contributed by atoms with van der Waals surface area (Å²) in [6.45, 7) is 0. The zero-order valence-electron chi connectivity index (χ0n) is 7.98. The van der Waals surface area contributed by atoms with Gasteiger partial charge in [0.1, 0.15) is 11.8 Å². The van der Waals surface area contributed by atoms with Crippen LogP contribution in [0.15, 0.2) is 18.3 Å². The van der Waals surface area contributed by atoms with Crippen molar-refractivity contribution in [3.05, 3.63) is 24.0 Å². The summed E-state index contributed by atoms with van der Waals surface area (Å²) in [6, 6.07) is 4.85. The van der Waals surface area contributed by atoms with Crippen molar-refractivity contribution in [3.8, 4) is 6.07 Å². The molecule has 0 saturated heterocycles. The number of pyridine rings is 1. The number of hydrogen-bond donors (Lipinski definition) is 1. The van der Waals surface area contributed by atoms with Gasteiger partial charge in [0.05, 0.1) is 11.9 Å². The lowest BCUT2D eigenvalue weighted by atomic mass is 10.3. The average Bonchev–Trinajstić information content (AvgIpc) is 2.19. The van der Waals surface area contributed by atoms with Gasteiger partial charge in [-0.15, -0.1) is 0 Å². The van der Waals surface area contributed by atoms with Crippen molar-refractivity contribution in [2.75, 3.05) is 19.4 Å². The minimum Gasteiger partial charge on any atom is -0.331 e. The van der Waals surface area contributed by atoms with Crippen LogP contribution in [0.3, 0.4) is 0 Å². The SMILES string of the molecule is CN(C)C(=O)Nc1ccc(C#N)nc1. The maximum absolute atomic E-state index is 11.2. The second kappa shape index (κ2) is 4.23. The molecule has 14 heavy (non-hydrogen) atoms. The molecule has 1 aromatic rings. The Hall–Kier alpha value is -2.09. The van der Waals surface area contributed by atoms with Gasteiger partial charge in [-0.25, -0.2) is 9.78 Å². The number of nitrogens with zero attached hydrogens (tertiary/aromatic N) is 3. The third kappa shape index (κ3) is 2.45. The summed E-state index contributed by atoms with van der Waals surface area (Å²) >= 11 is 0. The monoisotopic (exact) mass is 190 g/mol. The highest BCUT2D eigenvalue weighted by molar-refractivity contribution is 5.88. The molecule has 5 heteroatoms. The molecule has 0 aliphatic heterocycles. The molecular formula is C9H10N4O. The van der Waals surface area contributed by atoms with E-state index in [-0.39, 0.29) is 6.03 Å². The zero-order valence-corrected chi connectivity index (χ0v) is 7.98. The van der Waals surface area contributed by atoms with Crippen molar-refractivity contribution < 1.29 is 4.79 Å². The van der Waals surface area contributed by atoms with E-state index in [1.807, 2.05) is 6.07 Å². The van der Waals surface area contributed by atoms with Gasteiger partial charge in [-0.1, -0.05) is 0 Å². The smallest absolute Gasteiger partial charge is 0.321 e. The fourth-order valence-corrected chi connectivity index (χ4v) is 0.769. The third-order valence-electron chi connectivity index (χ3n) is 1.54. The number of hydrogen-bond acceptors (Lipinski definition) is 3. The number of urea groups is 1. The molecule has 2 amide bonds. The van der Waals surface area contributed by atoms with E-state index >= 15 is 0 Å². The standard InChI is InChI=1S/C9H10N4O/c1-13(2)9(14)12-8-4-3-7(5-10)11-6-8/h3-4,6H,1-2H3,(H,12,14). The Morgan fingerprint density at radius 1 is 1.57 bits per heavy atom. The molecule has 0 aromatic carbocycles. The average molecular weight is 190 g/mol. The molecular weight excluding hydrogens is 180 g/mol. The van der Waals surface area contributed by atoms with E-state index in [4.69, 9.17) is 5.26 Å². The van der Waals surface area contributed by atoms with Gasteiger partial charge >= 0.3 is 6.03 Å². The summed E-state index contributed by atoms with van der Waals surface area (Å²) in [5.41, 5.74) is 0.899. The highest BCUT2D eigenvalue weighted by atomic mass is 16.2. The Labute approximate surface area is 82.0 Å². The number of anilines is 1. The van der Waals surface area contributed by atoms with Gasteiger partial charge in [0.25, 0.3) is 0 Å². The molecule has 0 atom stereocenters. The van der Waals surface area contributed by atoms with Gasteiger partial charge in [-0.3, -0.25) is 0 Å². The Balaban J connectivity index is 2.70. The molecule has 0 saturated carbocycles. The quantitative estimate of drug-likeness (QED) is 0.719. The van der Waals surface area contributed by atoms with Crippen molar-refractivity contribution in [1.82, 2.24) is 9.88 Å².